The maximum absolute atomic E-state index is 12.5. The Bertz CT molecular complexity index is 879. The lowest BCUT2D eigenvalue weighted by Crippen LogP contribution is -2.32. The van der Waals surface area contributed by atoms with Crippen LogP contribution in [0.1, 0.15) is 12.0 Å². The number of carbonyl (C=O) groups excluding carboxylic acids is 2. The molecule has 2 aromatic rings. The number of methoxy groups -OCH3 is 1. The fourth-order valence-electron chi connectivity index (χ4n) is 3.08. The molecule has 1 aliphatic rings. The SMILES string of the molecule is COc1ccc(CNC(=O)[C@@H]2CC(=O)N(c3ccc(OCC(=O)O)cc3)C2)cc1. The quantitative estimate of drug-likeness (QED) is 0.703. The molecule has 1 aliphatic heterocycles. The Hall–Kier alpha value is -3.55. The van der Waals surface area contributed by atoms with Crippen molar-refractivity contribution in [3.05, 3.63) is 54.1 Å². The van der Waals surface area contributed by atoms with Crippen LogP contribution in [0.25, 0.3) is 0 Å². The first-order valence-corrected chi connectivity index (χ1v) is 9.12. The Morgan fingerprint density at radius 1 is 1.10 bits per heavy atom. The van der Waals surface area contributed by atoms with Gasteiger partial charge in [0.2, 0.25) is 11.8 Å². The molecule has 0 spiro atoms. The zero-order valence-corrected chi connectivity index (χ0v) is 16.0. The average Bonchev–Trinajstić information content (AvgIpc) is 3.13. The van der Waals surface area contributed by atoms with Crippen LogP contribution in [-0.4, -0.2) is 43.2 Å². The van der Waals surface area contributed by atoms with Crippen LogP contribution in [0.3, 0.4) is 0 Å². The molecule has 152 valence electrons. The third-order valence-electron chi connectivity index (χ3n) is 4.63. The van der Waals surface area contributed by atoms with E-state index in [-0.39, 0.29) is 18.2 Å². The van der Waals surface area contributed by atoms with E-state index in [1.807, 2.05) is 24.3 Å². The van der Waals surface area contributed by atoms with E-state index in [0.29, 0.717) is 24.5 Å². The lowest BCUT2D eigenvalue weighted by atomic mass is 10.1. The van der Waals surface area contributed by atoms with Gasteiger partial charge < -0.3 is 24.8 Å². The molecule has 0 aromatic heterocycles. The smallest absolute Gasteiger partial charge is 0.341 e. The molecule has 0 bridgehead atoms. The maximum atomic E-state index is 12.5. The number of nitrogens with one attached hydrogen (secondary N) is 1. The zero-order chi connectivity index (χ0) is 20.8. The first-order chi connectivity index (χ1) is 14.0. The number of carboxylic acid groups (broad SMARTS) is 1. The second-order valence-electron chi connectivity index (χ2n) is 6.65. The van der Waals surface area contributed by atoms with Crippen molar-refractivity contribution in [2.75, 3.05) is 25.2 Å². The van der Waals surface area contributed by atoms with E-state index in [9.17, 15) is 14.4 Å². The van der Waals surface area contributed by atoms with Gasteiger partial charge >= 0.3 is 5.97 Å². The van der Waals surface area contributed by atoms with Gasteiger partial charge in [-0.1, -0.05) is 12.1 Å². The standard InChI is InChI=1S/C21H22N2O6/c1-28-17-6-2-14(3-7-17)11-22-21(27)15-10-19(24)23(12-15)16-4-8-18(9-5-16)29-13-20(25)26/h2-9,15H,10-13H2,1H3,(H,22,27)(H,25,26)/t15-/m1/s1. The molecule has 2 amide bonds. The Kier molecular flexibility index (Phi) is 6.33. The summed E-state index contributed by atoms with van der Waals surface area (Å²) in [5.74, 6) is -0.643. The molecule has 0 unspecified atom stereocenters. The molecule has 0 radical (unpaired) electrons. The topological polar surface area (TPSA) is 105 Å². The summed E-state index contributed by atoms with van der Waals surface area (Å²) >= 11 is 0. The largest absolute Gasteiger partial charge is 0.497 e. The van der Waals surface area contributed by atoms with Crippen LogP contribution in [0, 0.1) is 5.92 Å². The van der Waals surface area contributed by atoms with Crippen LogP contribution in [0.2, 0.25) is 0 Å². The van der Waals surface area contributed by atoms with Gasteiger partial charge in [-0.25, -0.2) is 4.79 Å². The van der Waals surface area contributed by atoms with E-state index in [1.165, 1.54) is 0 Å². The van der Waals surface area contributed by atoms with Gasteiger partial charge in [-0.3, -0.25) is 9.59 Å². The van der Waals surface area contributed by atoms with Crippen LogP contribution >= 0.6 is 0 Å². The number of rotatable bonds is 8. The highest BCUT2D eigenvalue weighted by molar-refractivity contribution is 6.00. The minimum absolute atomic E-state index is 0.131. The number of anilines is 1. The summed E-state index contributed by atoms with van der Waals surface area (Å²) in [7, 11) is 1.59. The molecule has 2 N–H and O–H groups in total. The van der Waals surface area contributed by atoms with Crippen molar-refractivity contribution < 1.29 is 29.0 Å². The molecule has 1 saturated heterocycles. The molecule has 1 atom stereocenters. The normalized spacial score (nSPS) is 15.8. The van der Waals surface area contributed by atoms with Gasteiger partial charge in [-0.05, 0) is 42.0 Å². The highest BCUT2D eigenvalue weighted by Gasteiger charge is 2.35. The van der Waals surface area contributed by atoms with Crippen molar-refractivity contribution in [2.24, 2.45) is 5.92 Å². The predicted molar refractivity (Wildman–Crippen MR) is 105 cm³/mol. The van der Waals surface area contributed by atoms with Gasteiger partial charge in [0.1, 0.15) is 11.5 Å². The van der Waals surface area contributed by atoms with E-state index in [1.54, 1.807) is 36.3 Å². The minimum Gasteiger partial charge on any atom is -0.497 e. The van der Waals surface area contributed by atoms with Gasteiger partial charge in [0, 0.05) is 25.2 Å². The van der Waals surface area contributed by atoms with Crippen molar-refractivity contribution in [2.45, 2.75) is 13.0 Å². The minimum atomic E-state index is -1.06. The van der Waals surface area contributed by atoms with Crippen LogP contribution in [-0.2, 0) is 20.9 Å². The van der Waals surface area contributed by atoms with E-state index >= 15 is 0 Å². The molecule has 29 heavy (non-hydrogen) atoms. The van der Waals surface area contributed by atoms with Gasteiger partial charge in [0.05, 0.1) is 13.0 Å². The van der Waals surface area contributed by atoms with Crippen molar-refractivity contribution in [3.63, 3.8) is 0 Å². The summed E-state index contributed by atoms with van der Waals surface area (Å²) in [5, 5.41) is 11.5. The maximum Gasteiger partial charge on any atom is 0.341 e. The molecule has 8 nitrogen and oxygen atoms in total. The average molecular weight is 398 g/mol. The Morgan fingerprint density at radius 2 is 1.76 bits per heavy atom. The van der Waals surface area contributed by atoms with Crippen molar-refractivity contribution >= 4 is 23.5 Å². The number of carbonyl (C=O) groups is 3. The number of carboxylic acids is 1. The number of benzene rings is 2. The second-order valence-corrected chi connectivity index (χ2v) is 6.65. The zero-order valence-electron chi connectivity index (χ0n) is 16.0. The number of hydrogen-bond acceptors (Lipinski definition) is 5. The van der Waals surface area contributed by atoms with E-state index in [4.69, 9.17) is 14.6 Å². The molecule has 1 heterocycles. The van der Waals surface area contributed by atoms with E-state index < -0.39 is 18.5 Å². The van der Waals surface area contributed by atoms with Gasteiger partial charge in [-0.2, -0.15) is 0 Å². The fourth-order valence-corrected chi connectivity index (χ4v) is 3.08. The Labute approximate surface area is 168 Å². The number of amides is 2. The van der Waals surface area contributed by atoms with Crippen molar-refractivity contribution in [1.82, 2.24) is 5.32 Å². The summed E-state index contributed by atoms with van der Waals surface area (Å²) in [4.78, 5) is 36.9. The summed E-state index contributed by atoms with van der Waals surface area (Å²) in [6, 6.07) is 13.9. The third-order valence-corrected chi connectivity index (χ3v) is 4.63. The van der Waals surface area contributed by atoms with Gasteiger partial charge in [-0.15, -0.1) is 0 Å². The summed E-state index contributed by atoms with van der Waals surface area (Å²) < 4.78 is 10.2. The molecule has 2 aromatic carbocycles. The molecule has 8 heteroatoms. The van der Waals surface area contributed by atoms with Crippen LogP contribution in [0.15, 0.2) is 48.5 Å². The molecule has 3 rings (SSSR count). The Balaban J connectivity index is 1.54. The molecule has 0 saturated carbocycles. The number of ether oxygens (including phenoxy) is 2. The first kappa shape index (κ1) is 20.2. The highest BCUT2D eigenvalue weighted by atomic mass is 16.5. The van der Waals surface area contributed by atoms with E-state index in [2.05, 4.69) is 5.32 Å². The van der Waals surface area contributed by atoms with E-state index in [0.717, 1.165) is 11.3 Å². The fraction of sp³-hybridized carbons (Fsp3) is 0.286. The van der Waals surface area contributed by atoms with Crippen molar-refractivity contribution in [3.8, 4) is 11.5 Å². The molecule has 0 aliphatic carbocycles. The molecular formula is C21H22N2O6. The van der Waals surface area contributed by atoms with Gasteiger partial charge in [0.25, 0.3) is 0 Å². The van der Waals surface area contributed by atoms with Crippen LogP contribution in [0.5, 0.6) is 11.5 Å². The monoisotopic (exact) mass is 398 g/mol. The number of nitrogens with zero attached hydrogens (tertiary/aromatic N) is 1. The van der Waals surface area contributed by atoms with Crippen molar-refractivity contribution in [1.29, 1.82) is 0 Å². The first-order valence-electron chi connectivity index (χ1n) is 9.12. The number of hydrogen-bond donors (Lipinski definition) is 2. The highest BCUT2D eigenvalue weighted by Crippen LogP contribution is 2.27. The summed E-state index contributed by atoms with van der Waals surface area (Å²) in [6.45, 7) is 0.240. The van der Waals surface area contributed by atoms with Gasteiger partial charge in [0.15, 0.2) is 6.61 Å². The summed E-state index contributed by atoms with van der Waals surface area (Å²) in [6.07, 6.45) is 0.145. The predicted octanol–water partition coefficient (Wildman–Crippen LogP) is 1.83. The third kappa shape index (κ3) is 5.25. The molecular weight excluding hydrogens is 376 g/mol. The Morgan fingerprint density at radius 3 is 2.38 bits per heavy atom. The van der Waals surface area contributed by atoms with Crippen LogP contribution in [0.4, 0.5) is 5.69 Å². The number of aliphatic carboxylic acids is 1. The lowest BCUT2D eigenvalue weighted by Gasteiger charge is -2.17. The lowest BCUT2D eigenvalue weighted by molar-refractivity contribution is -0.139. The molecule has 1 fully saturated rings. The van der Waals surface area contributed by atoms with Crippen LogP contribution < -0.4 is 19.7 Å². The summed E-state index contributed by atoms with van der Waals surface area (Å²) in [5.41, 5.74) is 1.58. The second kappa shape index (κ2) is 9.09.